The van der Waals surface area contributed by atoms with Crippen molar-refractivity contribution in [2.45, 2.75) is 0 Å². The van der Waals surface area contributed by atoms with Crippen LogP contribution in [-0.4, -0.2) is 19.0 Å². The van der Waals surface area contributed by atoms with Crippen molar-refractivity contribution in [3.63, 3.8) is 0 Å². The van der Waals surface area contributed by atoms with Crippen LogP contribution in [0.15, 0.2) is 42.5 Å². The summed E-state index contributed by atoms with van der Waals surface area (Å²) in [5, 5.41) is 1.64. The number of primary amides is 1. The summed E-state index contributed by atoms with van der Waals surface area (Å²) in [4.78, 5) is 10.8. The summed E-state index contributed by atoms with van der Waals surface area (Å²) < 4.78 is 31.8. The molecule has 0 saturated carbocycles. The fourth-order valence-corrected chi connectivity index (χ4v) is 2.24. The summed E-state index contributed by atoms with van der Waals surface area (Å²) in [6.07, 6.45) is 0. The molecule has 2 aromatic rings. The Kier molecular flexibility index (Phi) is 3.28. The van der Waals surface area contributed by atoms with Gasteiger partial charge in [0, 0.05) is 0 Å². The van der Waals surface area contributed by atoms with E-state index in [1.165, 1.54) is 12.1 Å². The van der Waals surface area contributed by atoms with Gasteiger partial charge in [0.05, 0.1) is 5.69 Å². The number of nitrogens with one attached hydrogen (secondary N) is 1. The van der Waals surface area contributed by atoms with Crippen molar-refractivity contribution in [3.8, 4) is 0 Å². The molecule has 0 spiro atoms. The fraction of sp³-hybridized carbons (Fsp3) is 0. The summed E-state index contributed by atoms with van der Waals surface area (Å²) in [6, 6.07) is 10.7. The van der Waals surface area contributed by atoms with Gasteiger partial charge >= 0.3 is 16.3 Å². The van der Waals surface area contributed by atoms with Crippen LogP contribution in [0, 0.1) is 0 Å². The molecule has 19 heavy (non-hydrogen) atoms. The normalized spacial score (nSPS) is 11.2. The monoisotopic (exact) mass is 281 g/mol. The highest BCUT2D eigenvalue weighted by Crippen LogP contribution is 2.22. The third-order valence-electron chi connectivity index (χ3n) is 2.41. The summed E-state index contributed by atoms with van der Waals surface area (Å²) in [5.74, 6) is 0. The summed E-state index contributed by atoms with van der Waals surface area (Å²) in [7, 11) is -4.66. The van der Waals surface area contributed by atoms with E-state index >= 15 is 0 Å². The lowest BCUT2D eigenvalue weighted by atomic mass is 10.1. The molecule has 7 nitrogen and oxygen atoms in total. The van der Waals surface area contributed by atoms with Crippen LogP contribution >= 0.6 is 0 Å². The van der Waals surface area contributed by atoms with Crippen LogP contribution in [-0.2, 0) is 10.3 Å². The van der Waals surface area contributed by atoms with Crippen LogP contribution < -0.4 is 15.6 Å². The van der Waals surface area contributed by atoms with E-state index in [1.54, 1.807) is 18.2 Å². The molecule has 2 rings (SSSR count). The second kappa shape index (κ2) is 4.75. The van der Waals surface area contributed by atoms with Crippen molar-refractivity contribution in [1.82, 2.24) is 5.43 Å². The molecule has 2 aromatic carbocycles. The topological polar surface area (TPSA) is 113 Å². The highest BCUT2D eigenvalue weighted by Gasteiger charge is 2.21. The Labute approximate surface area is 109 Å². The number of anilines is 1. The molecule has 0 aliphatic rings. The fourth-order valence-electron chi connectivity index (χ4n) is 1.66. The number of carbonyl (C=O) groups is 1. The van der Waals surface area contributed by atoms with Crippen molar-refractivity contribution in [2.75, 3.05) is 4.41 Å². The number of hydrazine groups is 1. The van der Waals surface area contributed by atoms with Gasteiger partial charge in [0.25, 0.3) is 0 Å². The molecule has 0 unspecified atom stereocenters. The number of carbonyl (C=O) groups excluding carboxylic acids is 1. The molecule has 2 amide bonds. The number of urea groups is 1. The molecule has 0 atom stereocenters. The van der Waals surface area contributed by atoms with E-state index < -0.39 is 16.3 Å². The number of rotatable bonds is 3. The molecule has 0 radical (unpaired) electrons. The SMILES string of the molecule is NC(=O)NN(c1ccc2ccccc2c1)S(=O)(=O)O. The standard InChI is InChI=1S/C11H11N3O4S/c12-11(15)13-14(19(16,17)18)10-6-5-8-3-1-2-4-9(8)7-10/h1-7H,(H3,12,13,15)(H,16,17,18). The van der Waals surface area contributed by atoms with Gasteiger partial charge in [-0.15, -0.1) is 0 Å². The van der Waals surface area contributed by atoms with Crippen molar-refractivity contribution in [2.24, 2.45) is 5.73 Å². The highest BCUT2D eigenvalue weighted by atomic mass is 32.2. The van der Waals surface area contributed by atoms with E-state index in [0.717, 1.165) is 10.8 Å². The first-order valence-electron chi connectivity index (χ1n) is 5.20. The van der Waals surface area contributed by atoms with Crippen LogP contribution in [0.25, 0.3) is 10.8 Å². The molecule has 0 fully saturated rings. The molecule has 100 valence electrons. The molecule has 4 N–H and O–H groups in total. The minimum atomic E-state index is -4.66. The third kappa shape index (κ3) is 2.92. The second-order valence-electron chi connectivity index (χ2n) is 3.75. The zero-order valence-corrected chi connectivity index (χ0v) is 10.5. The largest absolute Gasteiger partial charge is 0.377 e. The Hall–Kier alpha value is -2.32. The molecule has 0 saturated heterocycles. The van der Waals surface area contributed by atoms with E-state index in [9.17, 15) is 13.2 Å². The van der Waals surface area contributed by atoms with E-state index in [0.29, 0.717) is 4.41 Å². The van der Waals surface area contributed by atoms with E-state index in [2.05, 4.69) is 0 Å². The molecular formula is C11H11N3O4S. The first-order chi connectivity index (χ1) is 8.88. The first-order valence-corrected chi connectivity index (χ1v) is 6.60. The summed E-state index contributed by atoms with van der Waals surface area (Å²) >= 11 is 0. The molecule has 0 aliphatic carbocycles. The number of benzene rings is 2. The molecule has 0 heterocycles. The van der Waals surface area contributed by atoms with Crippen LogP contribution in [0.1, 0.15) is 0 Å². The van der Waals surface area contributed by atoms with Gasteiger partial charge in [-0.05, 0) is 22.9 Å². The van der Waals surface area contributed by atoms with Gasteiger partial charge in [0.2, 0.25) is 0 Å². The number of fused-ring (bicyclic) bond motifs is 1. The van der Waals surface area contributed by atoms with Gasteiger partial charge in [-0.1, -0.05) is 30.3 Å². The van der Waals surface area contributed by atoms with Gasteiger partial charge in [0.15, 0.2) is 0 Å². The average molecular weight is 281 g/mol. The molecular weight excluding hydrogens is 270 g/mol. The van der Waals surface area contributed by atoms with E-state index in [-0.39, 0.29) is 5.69 Å². The zero-order valence-electron chi connectivity index (χ0n) is 9.65. The van der Waals surface area contributed by atoms with Crippen molar-refractivity contribution < 1.29 is 17.8 Å². The van der Waals surface area contributed by atoms with Gasteiger partial charge < -0.3 is 5.73 Å². The molecule has 8 heteroatoms. The number of nitrogens with two attached hydrogens (primary N) is 1. The zero-order chi connectivity index (χ0) is 14.0. The number of amides is 2. The third-order valence-corrected chi connectivity index (χ3v) is 3.17. The van der Waals surface area contributed by atoms with Crippen LogP contribution in [0.5, 0.6) is 0 Å². The van der Waals surface area contributed by atoms with Crippen molar-refractivity contribution in [1.29, 1.82) is 0 Å². The number of hydrogen-bond acceptors (Lipinski definition) is 3. The first kappa shape index (κ1) is 13.1. The Morgan fingerprint density at radius 2 is 1.79 bits per heavy atom. The summed E-state index contributed by atoms with van der Waals surface area (Å²) in [6.45, 7) is 0. The lowest BCUT2D eigenvalue weighted by Gasteiger charge is -2.20. The smallest absolute Gasteiger partial charge is 0.350 e. The lowest BCUT2D eigenvalue weighted by Crippen LogP contribution is -2.48. The number of hydrogen-bond donors (Lipinski definition) is 3. The summed E-state index contributed by atoms with van der Waals surface area (Å²) in [5.41, 5.74) is 6.78. The Morgan fingerprint density at radius 3 is 2.37 bits per heavy atom. The molecule has 0 bridgehead atoms. The predicted molar refractivity (Wildman–Crippen MR) is 70.7 cm³/mol. The van der Waals surface area contributed by atoms with Crippen LogP contribution in [0.4, 0.5) is 10.5 Å². The quantitative estimate of drug-likeness (QED) is 0.576. The maximum absolute atomic E-state index is 11.2. The van der Waals surface area contributed by atoms with Gasteiger partial charge in [-0.25, -0.2) is 10.2 Å². The van der Waals surface area contributed by atoms with E-state index in [4.69, 9.17) is 10.3 Å². The van der Waals surface area contributed by atoms with Crippen molar-refractivity contribution in [3.05, 3.63) is 42.5 Å². The Morgan fingerprint density at radius 1 is 1.16 bits per heavy atom. The molecule has 0 aromatic heterocycles. The Bertz CT molecular complexity index is 730. The van der Waals surface area contributed by atoms with Crippen LogP contribution in [0.2, 0.25) is 0 Å². The van der Waals surface area contributed by atoms with Gasteiger partial charge in [-0.3, -0.25) is 4.55 Å². The van der Waals surface area contributed by atoms with E-state index in [1.807, 2.05) is 17.6 Å². The number of nitrogens with zero attached hydrogens (tertiary/aromatic N) is 1. The van der Waals surface area contributed by atoms with Crippen molar-refractivity contribution >= 4 is 32.8 Å². The van der Waals surface area contributed by atoms with Gasteiger partial charge in [-0.2, -0.15) is 12.8 Å². The average Bonchev–Trinajstić information content (AvgIpc) is 2.34. The predicted octanol–water partition coefficient (Wildman–Crippen LogP) is 1.03. The minimum absolute atomic E-state index is 0.0694. The minimum Gasteiger partial charge on any atom is -0.350 e. The maximum Gasteiger partial charge on any atom is 0.377 e. The maximum atomic E-state index is 11.2. The Balaban J connectivity index is 2.53. The highest BCUT2D eigenvalue weighted by molar-refractivity contribution is 7.87. The van der Waals surface area contributed by atoms with Crippen LogP contribution in [0.3, 0.4) is 0 Å². The molecule has 0 aliphatic heterocycles. The second-order valence-corrected chi connectivity index (χ2v) is 5.01. The van der Waals surface area contributed by atoms with Gasteiger partial charge in [0.1, 0.15) is 0 Å². The lowest BCUT2D eigenvalue weighted by molar-refractivity contribution is 0.249.